The lowest BCUT2D eigenvalue weighted by Gasteiger charge is -2.19. The molecule has 0 aliphatic rings. The van der Waals surface area contributed by atoms with Crippen molar-refractivity contribution in [1.29, 1.82) is 0 Å². The lowest BCUT2D eigenvalue weighted by Crippen LogP contribution is -2.11. The van der Waals surface area contributed by atoms with E-state index in [0.717, 1.165) is 22.7 Å². The predicted molar refractivity (Wildman–Crippen MR) is 81.2 cm³/mol. The first-order chi connectivity index (χ1) is 9.81. The van der Waals surface area contributed by atoms with Crippen LogP contribution in [-0.2, 0) is 5.41 Å². The Morgan fingerprint density at radius 1 is 1.10 bits per heavy atom. The molecule has 3 nitrogen and oxygen atoms in total. The lowest BCUT2D eigenvalue weighted by atomic mass is 9.87. The molecule has 6 heteroatoms. The van der Waals surface area contributed by atoms with Crippen molar-refractivity contribution in [1.82, 2.24) is 4.98 Å². The van der Waals surface area contributed by atoms with Gasteiger partial charge in [0.05, 0.1) is 0 Å². The van der Waals surface area contributed by atoms with Gasteiger partial charge in [-0.2, -0.15) is 0 Å². The molecule has 1 heterocycles. The van der Waals surface area contributed by atoms with Crippen LogP contribution in [0.2, 0.25) is 0 Å². The SMILES string of the molecule is CC(C)(C)c1ccc(Sc2nc(NN)c(F)cc2F)cc1. The normalized spacial score (nSPS) is 11.5. The van der Waals surface area contributed by atoms with E-state index in [1.807, 2.05) is 24.3 Å². The molecule has 0 aliphatic carbocycles. The molecular weight excluding hydrogens is 292 g/mol. The second kappa shape index (κ2) is 5.99. The standard InChI is InChI=1S/C15H17F2N3S/c1-15(2,3)9-4-6-10(7-5-9)21-14-12(17)8-11(16)13(19-14)20-18/h4-8H,18H2,1-3H3,(H,19,20). The second-order valence-electron chi connectivity index (χ2n) is 5.63. The Labute approximate surface area is 126 Å². The molecule has 112 valence electrons. The molecule has 0 bridgehead atoms. The number of nitrogens with one attached hydrogen (secondary N) is 1. The number of halogens is 2. The summed E-state index contributed by atoms with van der Waals surface area (Å²) in [5.74, 6) is 3.44. The van der Waals surface area contributed by atoms with E-state index in [4.69, 9.17) is 5.84 Å². The largest absolute Gasteiger partial charge is 0.306 e. The van der Waals surface area contributed by atoms with Gasteiger partial charge in [0.15, 0.2) is 17.5 Å². The van der Waals surface area contributed by atoms with Gasteiger partial charge in [-0.1, -0.05) is 44.7 Å². The summed E-state index contributed by atoms with van der Waals surface area (Å²) in [5, 5.41) is 0.0767. The van der Waals surface area contributed by atoms with Gasteiger partial charge in [0, 0.05) is 11.0 Å². The summed E-state index contributed by atoms with van der Waals surface area (Å²) in [6, 6.07) is 8.54. The van der Waals surface area contributed by atoms with Crippen molar-refractivity contribution < 1.29 is 8.78 Å². The van der Waals surface area contributed by atoms with Gasteiger partial charge in [0.25, 0.3) is 0 Å². The van der Waals surface area contributed by atoms with Crippen LogP contribution < -0.4 is 11.3 Å². The highest BCUT2D eigenvalue weighted by Gasteiger charge is 2.15. The molecule has 0 unspecified atom stereocenters. The molecular formula is C15H17F2N3S. The summed E-state index contributed by atoms with van der Waals surface area (Å²) in [7, 11) is 0. The van der Waals surface area contributed by atoms with Crippen molar-refractivity contribution in [2.24, 2.45) is 5.84 Å². The Kier molecular flexibility index (Phi) is 4.49. The summed E-state index contributed by atoms with van der Waals surface area (Å²) in [6.45, 7) is 6.36. The average molecular weight is 309 g/mol. The molecule has 0 amide bonds. The third-order valence-electron chi connectivity index (χ3n) is 2.97. The first-order valence-corrected chi connectivity index (χ1v) is 7.24. The zero-order valence-electron chi connectivity index (χ0n) is 12.1. The molecule has 1 aromatic carbocycles. The molecule has 0 saturated carbocycles. The van der Waals surface area contributed by atoms with E-state index >= 15 is 0 Å². The molecule has 2 aromatic rings. The van der Waals surface area contributed by atoms with Crippen molar-refractivity contribution >= 4 is 17.6 Å². The highest BCUT2D eigenvalue weighted by molar-refractivity contribution is 7.99. The van der Waals surface area contributed by atoms with Crippen molar-refractivity contribution in [3.05, 3.63) is 47.5 Å². The maximum Gasteiger partial charge on any atom is 0.177 e. The fraction of sp³-hybridized carbons (Fsp3) is 0.267. The molecule has 0 atom stereocenters. The molecule has 0 radical (unpaired) electrons. The van der Waals surface area contributed by atoms with Crippen LogP contribution in [0.5, 0.6) is 0 Å². The Morgan fingerprint density at radius 3 is 2.24 bits per heavy atom. The first kappa shape index (κ1) is 15.7. The van der Waals surface area contributed by atoms with E-state index in [9.17, 15) is 8.78 Å². The minimum absolute atomic E-state index is 0.0548. The number of hydrogen-bond donors (Lipinski definition) is 2. The Bertz CT molecular complexity index is 637. The highest BCUT2D eigenvalue weighted by atomic mass is 32.2. The first-order valence-electron chi connectivity index (χ1n) is 6.42. The Morgan fingerprint density at radius 2 is 1.71 bits per heavy atom. The number of benzene rings is 1. The van der Waals surface area contributed by atoms with Gasteiger partial charge in [0.1, 0.15) is 5.03 Å². The zero-order valence-corrected chi connectivity index (χ0v) is 12.9. The number of hydrogen-bond acceptors (Lipinski definition) is 4. The van der Waals surface area contributed by atoms with Crippen LogP contribution in [0.1, 0.15) is 26.3 Å². The lowest BCUT2D eigenvalue weighted by molar-refractivity contribution is 0.551. The minimum atomic E-state index is -0.817. The number of nitrogens with two attached hydrogens (primary N) is 1. The topological polar surface area (TPSA) is 50.9 Å². The van der Waals surface area contributed by atoms with Crippen molar-refractivity contribution in [3.8, 4) is 0 Å². The molecule has 21 heavy (non-hydrogen) atoms. The number of pyridine rings is 1. The monoisotopic (exact) mass is 309 g/mol. The van der Waals surface area contributed by atoms with E-state index in [1.165, 1.54) is 5.56 Å². The number of rotatable bonds is 3. The van der Waals surface area contributed by atoms with Crippen LogP contribution in [0, 0.1) is 11.6 Å². The molecule has 3 N–H and O–H groups in total. The molecule has 0 aliphatic heterocycles. The fourth-order valence-corrected chi connectivity index (χ4v) is 2.55. The van der Waals surface area contributed by atoms with Crippen LogP contribution in [-0.4, -0.2) is 4.98 Å². The van der Waals surface area contributed by atoms with E-state index in [1.54, 1.807) is 0 Å². The molecule has 0 fully saturated rings. The van der Waals surface area contributed by atoms with Crippen LogP contribution in [0.3, 0.4) is 0 Å². The summed E-state index contributed by atoms with van der Waals surface area (Å²) in [5.41, 5.74) is 3.35. The zero-order chi connectivity index (χ0) is 15.6. The smallest absolute Gasteiger partial charge is 0.177 e. The molecule has 2 rings (SSSR count). The maximum atomic E-state index is 13.7. The van der Waals surface area contributed by atoms with Gasteiger partial charge < -0.3 is 5.43 Å². The van der Waals surface area contributed by atoms with Crippen molar-refractivity contribution in [2.75, 3.05) is 5.43 Å². The van der Waals surface area contributed by atoms with E-state index in [0.29, 0.717) is 0 Å². The Balaban J connectivity index is 2.26. The van der Waals surface area contributed by atoms with Crippen LogP contribution in [0.4, 0.5) is 14.6 Å². The Hall–Kier alpha value is -1.66. The highest BCUT2D eigenvalue weighted by Crippen LogP contribution is 2.32. The van der Waals surface area contributed by atoms with Gasteiger partial charge in [-0.3, -0.25) is 0 Å². The minimum Gasteiger partial charge on any atom is -0.306 e. The van der Waals surface area contributed by atoms with Gasteiger partial charge in [-0.15, -0.1) is 0 Å². The summed E-state index contributed by atoms with van der Waals surface area (Å²) in [6.07, 6.45) is 0. The third kappa shape index (κ3) is 3.71. The summed E-state index contributed by atoms with van der Waals surface area (Å²) >= 11 is 1.12. The van der Waals surface area contributed by atoms with Gasteiger partial charge in [-0.25, -0.2) is 19.6 Å². The molecule has 0 spiro atoms. The predicted octanol–water partition coefficient (Wildman–Crippen LogP) is 4.09. The van der Waals surface area contributed by atoms with E-state index in [2.05, 4.69) is 31.2 Å². The van der Waals surface area contributed by atoms with Crippen LogP contribution >= 0.6 is 11.8 Å². The maximum absolute atomic E-state index is 13.7. The van der Waals surface area contributed by atoms with E-state index in [-0.39, 0.29) is 16.3 Å². The number of anilines is 1. The number of nitrogen functional groups attached to an aromatic ring is 1. The van der Waals surface area contributed by atoms with Crippen LogP contribution in [0.25, 0.3) is 0 Å². The average Bonchev–Trinajstić information content (AvgIpc) is 2.41. The quantitative estimate of drug-likeness (QED) is 0.662. The van der Waals surface area contributed by atoms with Crippen LogP contribution in [0.15, 0.2) is 40.3 Å². The number of aromatic nitrogens is 1. The van der Waals surface area contributed by atoms with Gasteiger partial charge in [0.2, 0.25) is 0 Å². The summed E-state index contributed by atoms with van der Waals surface area (Å²) in [4.78, 5) is 4.66. The van der Waals surface area contributed by atoms with Crippen molar-refractivity contribution in [2.45, 2.75) is 36.1 Å². The molecule has 1 aromatic heterocycles. The third-order valence-corrected chi connectivity index (χ3v) is 3.96. The fourth-order valence-electron chi connectivity index (χ4n) is 1.76. The van der Waals surface area contributed by atoms with Crippen molar-refractivity contribution in [3.63, 3.8) is 0 Å². The van der Waals surface area contributed by atoms with Gasteiger partial charge in [-0.05, 0) is 23.1 Å². The number of hydrazine groups is 1. The van der Waals surface area contributed by atoms with Gasteiger partial charge >= 0.3 is 0 Å². The number of nitrogens with zero attached hydrogens (tertiary/aromatic N) is 1. The second-order valence-corrected chi connectivity index (χ2v) is 6.69. The summed E-state index contributed by atoms with van der Waals surface area (Å²) < 4.78 is 27.0. The molecule has 0 saturated heterocycles. The van der Waals surface area contributed by atoms with E-state index < -0.39 is 11.6 Å².